The molecule has 1 aromatic rings. The first-order valence-corrected chi connectivity index (χ1v) is 8.37. The molecule has 1 aromatic carbocycles. The van der Waals surface area contributed by atoms with Crippen LogP contribution in [0.3, 0.4) is 0 Å². The predicted octanol–water partition coefficient (Wildman–Crippen LogP) is 1.99. The maximum atomic E-state index is 12.4. The van der Waals surface area contributed by atoms with Crippen molar-refractivity contribution < 1.29 is 19.2 Å². The van der Waals surface area contributed by atoms with Gasteiger partial charge in [0.15, 0.2) is 0 Å². The average Bonchev–Trinajstić information content (AvgIpc) is 2.61. The molecule has 126 valence electrons. The molecule has 0 atom stereocenters. The number of rotatable bonds is 2. The summed E-state index contributed by atoms with van der Waals surface area (Å²) < 4.78 is 0. The lowest BCUT2D eigenvalue weighted by Gasteiger charge is -2.25. The zero-order valence-corrected chi connectivity index (χ0v) is 13.5. The first-order valence-electron chi connectivity index (χ1n) is 8.37. The van der Waals surface area contributed by atoms with Crippen molar-refractivity contribution in [2.24, 2.45) is 0 Å². The van der Waals surface area contributed by atoms with Crippen LogP contribution in [0, 0.1) is 0 Å². The van der Waals surface area contributed by atoms with E-state index < -0.39 is 0 Å². The number of hydrogen-bond donors (Lipinski definition) is 0. The number of carbonyl (C=O) groups is 4. The highest BCUT2D eigenvalue weighted by Crippen LogP contribution is 2.17. The Hall–Kier alpha value is -2.50. The summed E-state index contributed by atoms with van der Waals surface area (Å²) in [6, 6.07) is 6.19. The standard InChI is InChI=1S/C18H20N2O4/c21-15-5-1-3-11-19(15)17(23)13-7-9-14(10-8-13)18(24)20-12-4-2-6-16(20)22/h7-10H,1-6,11-12H2. The summed E-state index contributed by atoms with van der Waals surface area (Å²) in [4.78, 5) is 51.0. The Morgan fingerprint density at radius 2 is 1.04 bits per heavy atom. The van der Waals surface area contributed by atoms with Gasteiger partial charge in [-0.3, -0.25) is 29.0 Å². The minimum absolute atomic E-state index is 0.148. The maximum absolute atomic E-state index is 12.4. The summed E-state index contributed by atoms with van der Waals surface area (Å²) in [5, 5.41) is 0. The van der Waals surface area contributed by atoms with Crippen molar-refractivity contribution in [3.8, 4) is 0 Å². The molecule has 2 aliphatic rings. The molecule has 6 nitrogen and oxygen atoms in total. The van der Waals surface area contributed by atoms with E-state index in [0.717, 1.165) is 25.7 Å². The van der Waals surface area contributed by atoms with E-state index in [0.29, 0.717) is 37.1 Å². The number of carbonyl (C=O) groups excluding carboxylic acids is 4. The Morgan fingerprint density at radius 1 is 0.667 bits per heavy atom. The van der Waals surface area contributed by atoms with Crippen LogP contribution in [-0.4, -0.2) is 46.5 Å². The molecule has 24 heavy (non-hydrogen) atoms. The third-order valence-corrected chi connectivity index (χ3v) is 4.52. The first-order chi connectivity index (χ1) is 11.6. The molecule has 6 heteroatoms. The van der Waals surface area contributed by atoms with Gasteiger partial charge < -0.3 is 0 Å². The van der Waals surface area contributed by atoms with Gasteiger partial charge in [0.2, 0.25) is 11.8 Å². The van der Waals surface area contributed by atoms with E-state index in [1.807, 2.05) is 0 Å². The molecule has 4 amide bonds. The lowest BCUT2D eigenvalue weighted by molar-refractivity contribution is -0.131. The summed E-state index contributed by atoms with van der Waals surface area (Å²) in [7, 11) is 0. The Kier molecular flexibility index (Phi) is 4.74. The van der Waals surface area contributed by atoms with Crippen molar-refractivity contribution in [3.05, 3.63) is 35.4 Å². The number of imide groups is 2. The molecule has 2 aliphatic heterocycles. The number of benzene rings is 1. The van der Waals surface area contributed by atoms with Gasteiger partial charge in [-0.1, -0.05) is 0 Å². The number of piperidine rings is 2. The fourth-order valence-electron chi connectivity index (χ4n) is 3.11. The highest BCUT2D eigenvalue weighted by molar-refractivity contribution is 6.07. The van der Waals surface area contributed by atoms with Crippen molar-refractivity contribution in [2.45, 2.75) is 38.5 Å². The number of nitrogens with zero attached hydrogens (tertiary/aromatic N) is 2. The topological polar surface area (TPSA) is 74.8 Å². The van der Waals surface area contributed by atoms with Gasteiger partial charge >= 0.3 is 0 Å². The van der Waals surface area contributed by atoms with Gasteiger partial charge in [0.05, 0.1) is 0 Å². The Balaban J connectivity index is 1.73. The molecule has 0 bridgehead atoms. The van der Waals surface area contributed by atoms with E-state index in [4.69, 9.17) is 0 Å². The Morgan fingerprint density at radius 3 is 1.38 bits per heavy atom. The third-order valence-electron chi connectivity index (χ3n) is 4.52. The molecular weight excluding hydrogens is 308 g/mol. The zero-order chi connectivity index (χ0) is 17.1. The third kappa shape index (κ3) is 3.22. The second-order valence-corrected chi connectivity index (χ2v) is 6.19. The molecule has 0 aromatic heterocycles. The minimum Gasteiger partial charge on any atom is -0.279 e. The molecule has 3 rings (SSSR count). The fourth-order valence-corrected chi connectivity index (χ4v) is 3.11. The van der Waals surface area contributed by atoms with Gasteiger partial charge in [0.25, 0.3) is 11.8 Å². The minimum atomic E-state index is -0.326. The van der Waals surface area contributed by atoms with Gasteiger partial charge in [-0.05, 0) is 49.9 Å². The summed E-state index contributed by atoms with van der Waals surface area (Å²) in [5.74, 6) is -0.948. The van der Waals surface area contributed by atoms with Crippen LogP contribution in [0.2, 0.25) is 0 Å². The van der Waals surface area contributed by atoms with Crippen LogP contribution in [0.25, 0.3) is 0 Å². The van der Waals surface area contributed by atoms with Gasteiger partial charge in [-0.2, -0.15) is 0 Å². The van der Waals surface area contributed by atoms with Crippen LogP contribution in [0.4, 0.5) is 0 Å². The van der Waals surface area contributed by atoms with E-state index in [1.54, 1.807) is 24.3 Å². The van der Waals surface area contributed by atoms with Crippen LogP contribution >= 0.6 is 0 Å². The highest BCUT2D eigenvalue weighted by atomic mass is 16.2. The summed E-state index contributed by atoms with van der Waals surface area (Å²) in [6.45, 7) is 0.890. The fraction of sp³-hybridized carbons (Fsp3) is 0.444. The predicted molar refractivity (Wildman–Crippen MR) is 86.2 cm³/mol. The molecule has 2 fully saturated rings. The van der Waals surface area contributed by atoms with E-state index in [-0.39, 0.29) is 23.6 Å². The van der Waals surface area contributed by atoms with Gasteiger partial charge in [0, 0.05) is 37.1 Å². The van der Waals surface area contributed by atoms with Crippen LogP contribution in [-0.2, 0) is 9.59 Å². The van der Waals surface area contributed by atoms with Crippen molar-refractivity contribution in [1.82, 2.24) is 9.80 Å². The summed E-state index contributed by atoms with van der Waals surface area (Å²) >= 11 is 0. The molecule has 0 unspecified atom stereocenters. The number of amides is 4. The van der Waals surface area contributed by atoms with Gasteiger partial charge in [0.1, 0.15) is 0 Å². The second kappa shape index (κ2) is 6.95. The lowest BCUT2D eigenvalue weighted by atomic mass is 10.1. The summed E-state index contributed by atoms with van der Waals surface area (Å²) in [6.07, 6.45) is 4.09. The molecule has 0 N–H and O–H groups in total. The quantitative estimate of drug-likeness (QED) is 0.778. The molecular formula is C18H20N2O4. The normalized spacial score (nSPS) is 18.7. The first kappa shape index (κ1) is 16.4. The van der Waals surface area contributed by atoms with Crippen molar-refractivity contribution >= 4 is 23.6 Å². The molecule has 0 radical (unpaired) electrons. The molecule has 0 aliphatic carbocycles. The van der Waals surface area contributed by atoms with Crippen LogP contribution in [0.1, 0.15) is 59.2 Å². The second-order valence-electron chi connectivity index (χ2n) is 6.19. The molecule has 0 spiro atoms. The Bertz CT molecular complexity index is 622. The van der Waals surface area contributed by atoms with Crippen molar-refractivity contribution in [3.63, 3.8) is 0 Å². The van der Waals surface area contributed by atoms with Crippen LogP contribution in [0.15, 0.2) is 24.3 Å². The van der Waals surface area contributed by atoms with E-state index in [1.165, 1.54) is 9.80 Å². The largest absolute Gasteiger partial charge is 0.279 e. The number of likely N-dealkylation sites (tertiary alicyclic amines) is 2. The van der Waals surface area contributed by atoms with E-state index in [9.17, 15) is 19.2 Å². The van der Waals surface area contributed by atoms with Crippen LogP contribution in [0.5, 0.6) is 0 Å². The van der Waals surface area contributed by atoms with Crippen molar-refractivity contribution in [2.75, 3.05) is 13.1 Å². The maximum Gasteiger partial charge on any atom is 0.260 e. The summed E-state index contributed by atoms with van der Waals surface area (Å²) in [5.41, 5.74) is 0.763. The van der Waals surface area contributed by atoms with Gasteiger partial charge in [-0.15, -0.1) is 0 Å². The van der Waals surface area contributed by atoms with E-state index in [2.05, 4.69) is 0 Å². The number of hydrogen-bond acceptors (Lipinski definition) is 4. The van der Waals surface area contributed by atoms with E-state index >= 15 is 0 Å². The Labute approximate surface area is 140 Å². The average molecular weight is 328 g/mol. The SMILES string of the molecule is O=C1CCCCN1C(=O)c1ccc(C(=O)N2CCCCC2=O)cc1. The lowest BCUT2D eigenvalue weighted by Crippen LogP contribution is -2.40. The smallest absolute Gasteiger partial charge is 0.260 e. The van der Waals surface area contributed by atoms with Crippen molar-refractivity contribution in [1.29, 1.82) is 0 Å². The molecule has 2 heterocycles. The molecule has 0 saturated carbocycles. The monoisotopic (exact) mass is 328 g/mol. The van der Waals surface area contributed by atoms with Crippen LogP contribution < -0.4 is 0 Å². The zero-order valence-electron chi connectivity index (χ0n) is 13.5. The highest BCUT2D eigenvalue weighted by Gasteiger charge is 2.27. The molecule has 2 saturated heterocycles. The van der Waals surface area contributed by atoms with Gasteiger partial charge in [-0.25, -0.2) is 0 Å².